The number of aromatic nitrogens is 4. The van der Waals surface area contributed by atoms with Crippen LogP contribution < -0.4 is 0 Å². The second-order valence-electron chi connectivity index (χ2n) is 7.76. The highest BCUT2D eigenvalue weighted by atomic mass is 32.2. The molecule has 2 heterocycles. The summed E-state index contributed by atoms with van der Waals surface area (Å²) >= 11 is 1.27. The molecule has 0 spiro atoms. The molecule has 0 unspecified atom stereocenters. The van der Waals surface area contributed by atoms with E-state index in [1.807, 2.05) is 24.3 Å². The second kappa shape index (κ2) is 8.07. The van der Waals surface area contributed by atoms with Gasteiger partial charge >= 0.3 is 0 Å². The standard InChI is InChI=1S/C24H20N4O2S/c1-15-6-5-9-17(10-15)18-11-20-19(21(29)12-18)13-28-23(25-20)26-24(27-28)31-14-22(30)16-7-3-2-4-8-16/h2-10,13,18H,11-12,14H2,1H3/t18-/m1/s1. The first kappa shape index (κ1) is 19.6. The Morgan fingerprint density at radius 1 is 1.10 bits per heavy atom. The number of fused-ring (bicyclic) bond motifs is 2. The molecule has 0 fully saturated rings. The Kier molecular flexibility index (Phi) is 5.11. The molecule has 154 valence electrons. The summed E-state index contributed by atoms with van der Waals surface area (Å²) in [5.41, 5.74) is 4.39. The van der Waals surface area contributed by atoms with E-state index in [9.17, 15) is 9.59 Å². The van der Waals surface area contributed by atoms with Crippen LogP contribution in [0.15, 0.2) is 66.0 Å². The van der Waals surface area contributed by atoms with Crippen molar-refractivity contribution in [2.24, 2.45) is 0 Å². The minimum absolute atomic E-state index is 0.0212. The van der Waals surface area contributed by atoms with Crippen molar-refractivity contribution in [3.05, 3.63) is 88.7 Å². The summed E-state index contributed by atoms with van der Waals surface area (Å²) in [5.74, 6) is 0.912. The number of aryl methyl sites for hydroxylation is 1. The molecule has 1 aliphatic rings. The van der Waals surface area contributed by atoms with Gasteiger partial charge in [-0.1, -0.05) is 71.9 Å². The number of rotatable bonds is 5. The van der Waals surface area contributed by atoms with Gasteiger partial charge in [0.25, 0.3) is 5.78 Å². The van der Waals surface area contributed by atoms with Gasteiger partial charge in [-0.05, 0) is 24.8 Å². The van der Waals surface area contributed by atoms with E-state index in [1.165, 1.54) is 17.3 Å². The van der Waals surface area contributed by atoms with E-state index in [4.69, 9.17) is 0 Å². The lowest BCUT2D eigenvalue weighted by atomic mass is 9.82. The maximum atomic E-state index is 12.8. The lowest BCUT2D eigenvalue weighted by molar-refractivity contribution is 0.0961. The van der Waals surface area contributed by atoms with E-state index < -0.39 is 0 Å². The number of carbonyl (C=O) groups is 2. The molecule has 0 radical (unpaired) electrons. The van der Waals surface area contributed by atoms with Gasteiger partial charge in [0.2, 0.25) is 5.16 Å². The van der Waals surface area contributed by atoms with Gasteiger partial charge in [-0.3, -0.25) is 9.59 Å². The largest absolute Gasteiger partial charge is 0.294 e. The fourth-order valence-corrected chi connectivity index (χ4v) is 4.64. The van der Waals surface area contributed by atoms with Crippen LogP contribution in [-0.2, 0) is 6.42 Å². The van der Waals surface area contributed by atoms with Crippen molar-refractivity contribution in [1.29, 1.82) is 0 Å². The van der Waals surface area contributed by atoms with E-state index in [-0.39, 0.29) is 23.2 Å². The van der Waals surface area contributed by atoms with E-state index in [2.05, 4.69) is 40.2 Å². The summed E-state index contributed by atoms with van der Waals surface area (Å²) in [7, 11) is 0. The van der Waals surface area contributed by atoms with Gasteiger partial charge < -0.3 is 0 Å². The molecule has 0 N–H and O–H groups in total. The van der Waals surface area contributed by atoms with Crippen molar-refractivity contribution in [3.63, 3.8) is 0 Å². The minimum atomic E-state index is 0.0212. The van der Waals surface area contributed by atoms with Crippen LogP contribution in [0.1, 0.15) is 49.9 Å². The fourth-order valence-electron chi connectivity index (χ4n) is 3.92. The monoisotopic (exact) mass is 428 g/mol. The molecule has 4 aromatic rings. The number of carbonyl (C=O) groups excluding carboxylic acids is 2. The van der Waals surface area contributed by atoms with Gasteiger partial charge in [-0.15, -0.1) is 5.10 Å². The number of benzene rings is 2. The maximum absolute atomic E-state index is 12.8. The Morgan fingerprint density at radius 3 is 2.74 bits per heavy atom. The van der Waals surface area contributed by atoms with Crippen LogP contribution in [-0.4, -0.2) is 36.9 Å². The molecule has 2 aromatic heterocycles. The van der Waals surface area contributed by atoms with Gasteiger partial charge in [0.15, 0.2) is 11.6 Å². The summed E-state index contributed by atoms with van der Waals surface area (Å²) in [6.45, 7) is 2.06. The Hall–Kier alpha value is -3.32. The third-order valence-electron chi connectivity index (χ3n) is 5.50. The summed E-state index contributed by atoms with van der Waals surface area (Å²) in [6.07, 6.45) is 2.89. The van der Waals surface area contributed by atoms with Gasteiger partial charge in [0, 0.05) is 18.2 Å². The molecular weight excluding hydrogens is 408 g/mol. The van der Waals surface area contributed by atoms with Crippen LogP contribution in [0, 0.1) is 6.92 Å². The number of nitrogens with zero attached hydrogens (tertiary/aromatic N) is 4. The summed E-state index contributed by atoms with van der Waals surface area (Å²) in [4.78, 5) is 34.3. The van der Waals surface area contributed by atoms with E-state index in [0.717, 1.165) is 11.3 Å². The van der Waals surface area contributed by atoms with Gasteiger partial charge in [0.05, 0.1) is 17.0 Å². The van der Waals surface area contributed by atoms with E-state index >= 15 is 0 Å². The van der Waals surface area contributed by atoms with Gasteiger partial charge in [-0.25, -0.2) is 9.50 Å². The topological polar surface area (TPSA) is 77.2 Å². The van der Waals surface area contributed by atoms with Crippen molar-refractivity contribution in [2.45, 2.75) is 30.8 Å². The second-order valence-corrected chi connectivity index (χ2v) is 8.70. The van der Waals surface area contributed by atoms with Gasteiger partial charge in [-0.2, -0.15) is 4.98 Å². The number of Topliss-reactive ketones (excluding diaryl/α,β-unsaturated/α-hetero) is 2. The number of thioether (sulfide) groups is 1. The quantitative estimate of drug-likeness (QED) is 0.348. The average molecular weight is 429 g/mol. The van der Waals surface area contributed by atoms with Crippen molar-refractivity contribution in [2.75, 3.05) is 5.75 Å². The molecule has 6 nitrogen and oxygen atoms in total. The van der Waals surface area contributed by atoms with Crippen LogP contribution in [0.3, 0.4) is 0 Å². The Labute approximate surface area is 183 Å². The molecule has 0 aliphatic heterocycles. The summed E-state index contributed by atoms with van der Waals surface area (Å²) in [6, 6.07) is 17.5. The molecular formula is C24H20N4O2S. The number of hydrogen-bond acceptors (Lipinski definition) is 6. The highest BCUT2D eigenvalue weighted by Gasteiger charge is 2.28. The van der Waals surface area contributed by atoms with Crippen LogP contribution in [0.5, 0.6) is 0 Å². The van der Waals surface area contributed by atoms with Crippen LogP contribution in [0.25, 0.3) is 5.78 Å². The first-order valence-electron chi connectivity index (χ1n) is 10.1. The summed E-state index contributed by atoms with van der Waals surface area (Å²) < 4.78 is 1.54. The van der Waals surface area contributed by atoms with Crippen LogP contribution >= 0.6 is 11.8 Å². The predicted molar refractivity (Wildman–Crippen MR) is 119 cm³/mol. The van der Waals surface area contributed by atoms with Gasteiger partial charge in [0.1, 0.15) is 0 Å². The highest BCUT2D eigenvalue weighted by molar-refractivity contribution is 7.99. The van der Waals surface area contributed by atoms with Crippen molar-refractivity contribution >= 4 is 29.1 Å². The zero-order valence-electron chi connectivity index (χ0n) is 17.0. The maximum Gasteiger partial charge on any atom is 0.253 e. The first-order chi connectivity index (χ1) is 15.1. The zero-order valence-corrected chi connectivity index (χ0v) is 17.8. The lowest BCUT2D eigenvalue weighted by Gasteiger charge is -2.23. The van der Waals surface area contributed by atoms with Crippen LogP contribution in [0.4, 0.5) is 0 Å². The first-order valence-corrected chi connectivity index (χ1v) is 11.1. The Morgan fingerprint density at radius 2 is 1.94 bits per heavy atom. The third-order valence-corrected chi connectivity index (χ3v) is 6.34. The molecule has 0 saturated heterocycles. The summed E-state index contributed by atoms with van der Waals surface area (Å²) in [5, 5.41) is 4.89. The SMILES string of the molecule is Cc1cccc([C@H]2CC(=O)c3cn4nc(SCC(=O)c5ccccc5)nc4nc3C2)c1. The highest BCUT2D eigenvalue weighted by Crippen LogP contribution is 2.32. The van der Waals surface area contributed by atoms with Crippen molar-refractivity contribution in [1.82, 2.24) is 19.6 Å². The molecule has 1 atom stereocenters. The Balaban J connectivity index is 1.38. The fraction of sp³-hybridized carbons (Fsp3) is 0.208. The molecule has 1 aliphatic carbocycles. The smallest absolute Gasteiger partial charge is 0.253 e. The minimum Gasteiger partial charge on any atom is -0.294 e. The molecule has 7 heteroatoms. The molecule has 0 saturated carbocycles. The lowest BCUT2D eigenvalue weighted by Crippen LogP contribution is -2.21. The molecule has 0 bridgehead atoms. The number of hydrogen-bond donors (Lipinski definition) is 0. The average Bonchev–Trinajstić information content (AvgIpc) is 3.18. The third kappa shape index (κ3) is 4.01. The molecule has 31 heavy (non-hydrogen) atoms. The molecule has 2 aromatic carbocycles. The van der Waals surface area contributed by atoms with Crippen molar-refractivity contribution in [3.8, 4) is 0 Å². The normalized spacial score (nSPS) is 15.8. The van der Waals surface area contributed by atoms with E-state index in [0.29, 0.717) is 34.9 Å². The van der Waals surface area contributed by atoms with E-state index in [1.54, 1.807) is 22.8 Å². The Bertz CT molecular complexity index is 1300. The van der Waals surface area contributed by atoms with Crippen LogP contribution in [0.2, 0.25) is 0 Å². The molecule has 0 amide bonds. The molecule has 5 rings (SSSR count). The predicted octanol–water partition coefficient (Wildman–Crippen LogP) is 4.32. The number of ketones is 2. The van der Waals surface area contributed by atoms with Crippen molar-refractivity contribution < 1.29 is 9.59 Å². The zero-order chi connectivity index (χ0) is 21.4.